The van der Waals surface area contributed by atoms with Crippen LogP contribution in [-0.4, -0.2) is 9.55 Å². The van der Waals surface area contributed by atoms with Gasteiger partial charge in [-0.25, -0.2) is 4.98 Å². The second kappa shape index (κ2) is 5.03. The summed E-state index contributed by atoms with van der Waals surface area (Å²) in [4.78, 5) is 4.30. The van der Waals surface area contributed by atoms with E-state index in [1.165, 1.54) is 0 Å². The monoisotopic (exact) mass is 327 g/mol. The highest BCUT2D eigenvalue weighted by atomic mass is 79.9. The molecule has 96 valence electrons. The van der Waals surface area contributed by atoms with Gasteiger partial charge in [-0.1, -0.05) is 33.6 Å². The SMILES string of the molecule is Cn1ccnc1CC(C)(N)c1ccc(Br)cc1Cl. The van der Waals surface area contributed by atoms with Gasteiger partial charge in [0.1, 0.15) is 5.82 Å². The number of nitrogens with zero attached hydrogens (tertiary/aromatic N) is 2. The summed E-state index contributed by atoms with van der Waals surface area (Å²) in [5, 5.41) is 0.670. The topological polar surface area (TPSA) is 43.8 Å². The Balaban J connectivity index is 2.33. The van der Waals surface area contributed by atoms with Gasteiger partial charge in [-0.05, 0) is 24.6 Å². The van der Waals surface area contributed by atoms with E-state index in [1.807, 2.05) is 42.9 Å². The molecule has 0 saturated carbocycles. The average molecular weight is 329 g/mol. The number of hydrogen-bond acceptors (Lipinski definition) is 2. The van der Waals surface area contributed by atoms with Crippen molar-refractivity contribution >= 4 is 27.5 Å². The van der Waals surface area contributed by atoms with E-state index in [-0.39, 0.29) is 0 Å². The predicted molar refractivity (Wildman–Crippen MR) is 77.6 cm³/mol. The summed E-state index contributed by atoms with van der Waals surface area (Å²) < 4.78 is 2.92. The fraction of sp³-hybridized carbons (Fsp3) is 0.308. The second-order valence-corrected chi connectivity index (χ2v) is 6.00. The van der Waals surface area contributed by atoms with Crippen molar-refractivity contribution in [1.29, 1.82) is 0 Å². The molecule has 0 aliphatic heterocycles. The summed E-state index contributed by atoms with van der Waals surface area (Å²) in [5.41, 5.74) is 6.78. The Hall–Kier alpha value is -0.840. The molecule has 1 unspecified atom stereocenters. The van der Waals surface area contributed by atoms with Crippen LogP contribution in [0.5, 0.6) is 0 Å². The lowest BCUT2D eigenvalue weighted by Gasteiger charge is -2.26. The molecule has 0 aliphatic carbocycles. The molecule has 1 atom stereocenters. The van der Waals surface area contributed by atoms with Gasteiger partial charge in [0.05, 0.1) is 0 Å². The van der Waals surface area contributed by atoms with Crippen molar-refractivity contribution in [2.24, 2.45) is 12.8 Å². The third-order valence-electron chi connectivity index (χ3n) is 2.99. The van der Waals surface area contributed by atoms with Crippen LogP contribution in [0.3, 0.4) is 0 Å². The fourth-order valence-corrected chi connectivity index (χ4v) is 2.83. The number of aryl methyl sites for hydroxylation is 1. The third-order valence-corrected chi connectivity index (χ3v) is 3.80. The number of rotatable bonds is 3. The first-order chi connectivity index (χ1) is 8.40. The minimum atomic E-state index is -0.545. The van der Waals surface area contributed by atoms with Gasteiger partial charge < -0.3 is 10.3 Å². The van der Waals surface area contributed by atoms with Gasteiger partial charge >= 0.3 is 0 Å². The van der Waals surface area contributed by atoms with Crippen molar-refractivity contribution in [3.63, 3.8) is 0 Å². The Kier molecular flexibility index (Phi) is 3.80. The lowest BCUT2D eigenvalue weighted by atomic mass is 9.89. The average Bonchev–Trinajstić information content (AvgIpc) is 2.63. The van der Waals surface area contributed by atoms with Gasteiger partial charge in [0.2, 0.25) is 0 Å². The van der Waals surface area contributed by atoms with Crippen LogP contribution in [-0.2, 0) is 19.0 Å². The molecule has 2 rings (SSSR count). The van der Waals surface area contributed by atoms with Gasteiger partial charge in [0, 0.05) is 40.9 Å². The highest BCUT2D eigenvalue weighted by Crippen LogP contribution is 2.30. The molecule has 0 aliphatic rings. The number of aromatic nitrogens is 2. The number of halogens is 2. The van der Waals surface area contributed by atoms with E-state index in [0.29, 0.717) is 11.4 Å². The van der Waals surface area contributed by atoms with Crippen LogP contribution in [0.1, 0.15) is 18.3 Å². The largest absolute Gasteiger partial charge is 0.338 e. The first-order valence-electron chi connectivity index (χ1n) is 5.61. The number of hydrogen-bond donors (Lipinski definition) is 1. The Bertz CT molecular complexity index is 563. The zero-order chi connectivity index (χ0) is 13.3. The molecule has 2 N–H and O–H groups in total. The van der Waals surface area contributed by atoms with Crippen molar-refractivity contribution in [3.05, 3.63) is 51.5 Å². The van der Waals surface area contributed by atoms with Gasteiger partial charge in [0.25, 0.3) is 0 Å². The molecule has 1 heterocycles. The van der Waals surface area contributed by atoms with Crippen LogP contribution in [0.15, 0.2) is 35.1 Å². The normalized spacial score (nSPS) is 14.5. The highest BCUT2D eigenvalue weighted by molar-refractivity contribution is 9.10. The van der Waals surface area contributed by atoms with Crippen LogP contribution in [0.25, 0.3) is 0 Å². The van der Waals surface area contributed by atoms with E-state index in [4.69, 9.17) is 17.3 Å². The van der Waals surface area contributed by atoms with E-state index in [0.717, 1.165) is 15.9 Å². The number of nitrogens with two attached hydrogens (primary N) is 1. The van der Waals surface area contributed by atoms with Gasteiger partial charge in [-0.3, -0.25) is 0 Å². The molecule has 0 saturated heterocycles. The van der Waals surface area contributed by atoms with Crippen LogP contribution in [0, 0.1) is 0 Å². The minimum absolute atomic E-state index is 0.545. The fourth-order valence-electron chi connectivity index (χ4n) is 1.94. The quantitative estimate of drug-likeness (QED) is 0.940. The Morgan fingerprint density at radius 3 is 2.78 bits per heavy atom. The smallest absolute Gasteiger partial charge is 0.110 e. The van der Waals surface area contributed by atoms with Gasteiger partial charge in [0.15, 0.2) is 0 Å². The molecule has 1 aromatic heterocycles. The number of imidazole rings is 1. The van der Waals surface area contributed by atoms with Crippen molar-refractivity contribution < 1.29 is 0 Å². The molecule has 2 aromatic rings. The van der Waals surface area contributed by atoms with Crippen LogP contribution in [0.2, 0.25) is 5.02 Å². The van der Waals surface area contributed by atoms with Crippen molar-refractivity contribution in [1.82, 2.24) is 9.55 Å². The maximum absolute atomic E-state index is 6.40. The Labute approximate surface area is 120 Å². The van der Waals surface area contributed by atoms with Crippen molar-refractivity contribution in [3.8, 4) is 0 Å². The summed E-state index contributed by atoms with van der Waals surface area (Å²) in [5.74, 6) is 0.944. The van der Waals surface area contributed by atoms with E-state index in [9.17, 15) is 0 Å². The van der Waals surface area contributed by atoms with Crippen molar-refractivity contribution in [2.75, 3.05) is 0 Å². The maximum Gasteiger partial charge on any atom is 0.110 e. The molecule has 3 nitrogen and oxygen atoms in total. The molecule has 0 radical (unpaired) electrons. The molecule has 5 heteroatoms. The number of benzene rings is 1. The molecule has 0 bridgehead atoms. The van der Waals surface area contributed by atoms with E-state index in [2.05, 4.69) is 20.9 Å². The third kappa shape index (κ3) is 2.76. The minimum Gasteiger partial charge on any atom is -0.338 e. The Morgan fingerprint density at radius 1 is 1.50 bits per heavy atom. The molecule has 1 aromatic carbocycles. The summed E-state index contributed by atoms with van der Waals surface area (Å²) in [6.45, 7) is 1.97. The highest BCUT2D eigenvalue weighted by Gasteiger charge is 2.26. The summed E-state index contributed by atoms with van der Waals surface area (Å²) >= 11 is 9.65. The zero-order valence-corrected chi connectivity index (χ0v) is 12.7. The van der Waals surface area contributed by atoms with Crippen LogP contribution < -0.4 is 5.73 Å². The molecule has 0 spiro atoms. The van der Waals surface area contributed by atoms with E-state index < -0.39 is 5.54 Å². The van der Waals surface area contributed by atoms with E-state index in [1.54, 1.807) is 6.20 Å². The first-order valence-corrected chi connectivity index (χ1v) is 6.78. The second-order valence-electron chi connectivity index (χ2n) is 4.67. The molecule has 0 fully saturated rings. The van der Waals surface area contributed by atoms with Gasteiger partial charge in [-0.2, -0.15) is 0 Å². The molecular formula is C13H15BrClN3. The zero-order valence-electron chi connectivity index (χ0n) is 10.3. The summed E-state index contributed by atoms with van der Waals surface area (Å²) in [7, 11) is 1.96. The molecular weight excluding hydrogens is 314 g/mol. The van der Waals surface area contributed by atoms with Gasteiger partial charge in [-0.15, -0.1) is 0 Å². The summed E-state index contributed by atoms with van der Waals surface area (Å²) in [6.07, 6.45) is 4.32. The van der Waals surface area contributed by atoms with E-state index >= 15 is 0 Å². The summed E-state index contributed by atoms with van der Waals surface area (Å²) in [6, 6.07) is 5.76. The first kappa shape index (κ1) is 13.6. The molecule has 18 heavy (non-hydrogen) atoms. The standard InChI is InChI=1S/C13H15BrClN3/c1-13(16,8-12-17-5-6-18(12)2)10-4-3-9(14)7-11(10)15/h3-7H,8,16H2,1-2H3. The Morgan fingerprint density at radius 2 is 2.22 bits per heavy atom. The lowest BCUT2D eigenvalue weighted by Crippen LogP contribution is -2.36. The predicted octanol–water partition coefficient (Wildman–Crippen LogP) is 3.25. The van der Waals surface area contributed by atoms with Crippen molar-refractivity contribution in [2.45, 2.75) is 18.9 Å². The maximum atomic E-state index is 6.40. The van der Waals surface area contributed by atoms with Crippen LogP contribution in [0.4, 0.5) is 0 Å². The lowest BCUT2D eigenvalue weighted by molar-refractivity contribution is 0.470. The van der Waals surface area contributed by atoms with Crippen LogP contribution >= 0.6 is 27.5 Å². The molecule has 0 amide bonds.